The highest BCUT2D eigenvalue weighted by atomic mass is 16.3. The summed E-state index contributed by atoms with van der Waals surface area (Å²) in [5, 5.41) is 9.05. The van der Waals surface area contributed by atoms with Gasteiger partial charge < -0.3 is 14.9 Å². The zero-order valence-corrected chi connectivity index (χ0v) is 6.68. The summed E-state index contributed by atoms with van der Waals surface area (Å²) in [6.07, 6.45) is 0.682. The molecule has 0 amide bonds. The van der Waals surface area contributed by atoms with Crippen LogP contribution in [0.4, 0.5) is 0 Å². The number of aryl methyl sites for hydroxylation is 1. The number of H-pyrrole nitrogens is 2. The standard InChI is InChI=1S/C7H10N2O3/c1-4(10)2-3-5-6(11)9-7(12)8-5/h11H,2-3H2,1H3,(H2,8,9,12). The third kappa shape index (κ3) is 1.98. The number of ketones is 1. The number of Topliss-reactive ketones (excluding diaryl/α,β-unsaturated/α-hetero) is 1. The topological polar surface area (TPSA) is 86.0 Å². The van der Waals surface area contributed by atoms with Gasteiger partial charge in [0, 0.05) is 6.42 Å². The molecular weight excluding hydrogens is 160 g/mol. The number of nitrogens with one attached hydrogen (secondary N) is 2. The Morgan fingerprint density at radius 2 is 2.17 bits per heavy atom. The lowest BCUT2D eigenvalue weighted by Gasteiger charge is -1.93. The van der Waals surface area contributed by atoms with Crippen LogP contribution in [0.2, 0.25) is 0 Å². The van der Waals surface area contributed by atoms with Crippen molar-refractivity contribution in [1.29, 1.82) is 0 Å². The highest BCUT2D eigenvalue weighted by Gasteiger charge is 2.05. The molecule has 1 rings (SSSR count). The van der Waals surface area contributed by atoms with Gasteiger partial charge in [-0.15, -0.1) is 0 Å². The first kappa shape index (κ1) is 8.58. The van der Waals surface area contributed by atoms with E-state index in [1.165, 1.54) is 6.92 Å². The van der Waals surface area contributed by atoms with Gasteiger partial charge in [-0.05, 0) is 13.3 Å². The number of carbonyl (C=O) groups excluding carboxylic acids is 1. The van der Waals surface area contributed by atoms with Crippen LogP contribution in [-0.4, -0.2) is 20.9 Å². The largest absolute Gasteiger partial charge is 0.493 e. The van der Waals surface area contributed by atoms with E-state index in [0.29, 0.717) is 18.5 Å². The molecule has 1 aromatic heterocycles. The molecule has 0 aliphatic carbocycles. The van der Waals surface area contributed by atoms with E-state index in [9.17, 15) is 9.59 Å². The first-order valence-electron chi connectivity index (χ1n) is 3.59. The van der Waals surface area contributed by atoms with E-state index in [0.717, 1.165) is 0 Å². The van der Waals surface area contributed by atoms with E-state index in [1.807, 2.05) is 0 Å². The lowest BCUT2D eigenvalue weighted by molar-refractivity contribution is -0.116. The Kier molecular flexibility index (Phi) is 2.32. The summed E-state index contributed by atoms with van der Waals surface area (Å²) in [6.45, 7) is 1.46. The molecule has 0 atom stereocenters. The van der Waals surface area contributed by atoms with Crippen LogP contribution in [0.15, 0.2) is 4.79 Å². The third-order valence-corrected chi connectivity index (χ3v) is 1.51. The summed E-state index contributed by atoms with van der Waals surface area (Å²) < 4.78 is 0. The summed E-state index contributed by atoms with van der Waals surface area (Å²) in [6, 6.07) is 0. The van der Waals surface area contributed by atoms with Crippen LogP contribution in [0.1, 0.15) is 19.0 Å². The summed E-state index contributed by atoms with van der Waals surface area (Å²) in [4.78, 5) is 25.7. The minimum absolute atomic E-state index is 0.0245. The van der Waals surface area contributed by atoms with Crippen molar-refractivity contribution < 1.29 is 9.90 Å². The van der Waals surface area contributed by atoms with Crippen molar-refractivity contribution in [3.8, 4) is 5.88 Å². The van der Waals surface area contributed by atoms with Crippen LogP contribution >= 0.6 is 0 Å². The van der Waals surface area contributed by atoms with Gasteiger partial charge in [0.05, 0.1) is 5.69 Å². The molecule has 0 bridgehead atoms. The van der Waals surface area contributed by atoms with Crippen LogP contribution in [0.5, 0.6) is 5.88 Å². The summed E-state index contributed by atoms with van der Waals surface area (Å²) in [5.74, 6) is -0.155. The average molecular weight is 170 g/mol. The Morgan fingerprint density at radius 3 is 2.58 bits per heavy atom. The second-order valence-corrected chi connectivity index (χ2v) is 2.61. The van der Waals surface area contributed by atoms with E-state index in [-0.39, 0.29) is 11.7 Å². The Labute approximate surface area is 68.4 Å². The number of hydrogen-bond donors (Lipinski definition) is 3. The summed E-state index contributed by atoms with van der Waals surface area (Å²) >= 11 is 0. The number of imidazole rings is 1. The number of aromatic hydroxyl groups is 1. The quantitative estimate of drug-likeness (QED) is 0.593. The lowest BCUT2D eigenvalue weighted by atomic mass is 10.2. The average Bonchev–Trinajstić information content (AvgIpc) is 2.26. The molecule has 1 heterocycles. The van der Waals surface area contributed by atoms with Gasteiger partial charge in [-0.25, -0.2) is 4.79 Å². The van der Waals surface area contributed by atoms with Gasteiger partial charge in [-0.1, -0.05) is 0 Å². The number of carbonyl (C=O) groups is 1. The maximum Gasteiger partial charge on any atom is 0.325 e. The smallest absolute Gasteiger partial charge is 0.325 e. The minimum Gasteiger partial charge on any atom is -0.493 e. The predicted octanol–water partition coefficient (Wildman–Crippen LogP) is -0.0698. The molecule has 0 aliphatic heterocycles. The Hall–Kier alpha value is -1.52. The highest BCUT2D eigenvalue weighted by molar-refractivity contribution is 5.75. The number of rotatable bonds is 3. The van der Waals surface area contributed by atoms with Crippen molar-refractivity contribution >= 4 is 5.78 Å². The van der Waals surface area contributed by atoms with Crippen molar-refractivity contribution in [3.05, 3.63) is 16.2 Å². The number of aromatic amines is 2. The predicted molar refractivity (Wildman–Crippen MR) is 42.1 cm³/mol. The zero-order chi connectivity index (χ0) is 9.14. The molecule has 5 heteroatoms. The fraction of sp³-hybridized carbons (Fsp3) is 0.429. The van der Waals surface area contributed by atoms with Crippen molar-refractivity contribution in [1.82, 2.24) is 9.97 Å². The van der Waals surface area contributed by atoms with Gasteiger partial charge in [0.25, 0.3) is 0 Å². The lowest BCUT2D eigenvalue weighted by Crippen LogP contribution is -2.02. The van der Waals surface area contributed by atoms with Crippen LogP contribution in [0, 0.1) is 0 Å². The molecule has 1 aromatic rings. The Morgan fingerprint density at radius 1 is 1.50 bits per heavy atom. The van der Waals surface area contributed by atoms with Crippen LogP contribution < -0.4 is 5.69 Å². The molecule has 12 heavy (non-hydrogen) atoms. The SMILES string of the molecule is CC(=O)CCc1[nH]c(=O)[nH]c1O. The molecular formula is C7H10N2O3. The summed E-state index contributed by atoms with van der Waals surface area (Å²) in [7, 11) is 0. The van der Waals surface area contributed by atoms with Gasteiger partial charge in [-0.3, -0.25) is 4.98 Å². The molecule has 0 fully saturated rings. The van der Waals surface area contributed by atoms with E-state index in [2.05, 4.69) is 9.97 Å². The van der Waals surface area contributed by atoms with Crippen molar-refractivity contribution in [2.75, 3.05) is 0 Å². The van der Waals surface area contributed by atoms with Crippen LogP contribution in [0.25, 0.3) is 0 Å². The van der Waals surface area contributed by atoms with E-state index in [1.54, 1.807) is 0 Å². The Balaban J connectivity index is 2.69. The van der Waals surface area contributed by atoms with Crippen molar-refractivity contribution in [3.63, 3.8) is 0 Å². The summed E-state index contributed by atoms with van der Waals surface area (Å²) in [5.41, 5.74) is -0.0683. The molecule has 66 valence electrons. The first-order chi connectivity index (χ1) is 5.59. The fourth-order valence-corrected chi connectivity index (χ4v) is 0.892. The molecule has 0 radical (unpaired) electrons. The Bertz CT molecular complexity index is 337. The van der Waals surface area contributed by atoms with E-state index in [4.69, 9.17) is 5.11 Å². The molecule has 0 spiro atoms. The number of hydrogen-bond acceptors (Lipinski definition) is 3. The maximum atomic E-state index is 10.6. The molecule has 3 N–H and O–H groups in total. The van der Waals surface area contributed by atoms with E-state index >= 15 is 0 Å². The molecule has 0 unspecified atom stereocenters. The van der Waals surface area contributed by atoms with Gasteiger partial charge in [0.15, 0.2) is 0 Å². The van der Waals surface area contributed by atoms with Crippen molar-refractivity contribution in [2.45, 2.75) is 19.8 Å². The first-order valence-corrected chi connectivity index (χ1v) is 3.59. The molecule has 0 saturated heterocycles. The molecule has 0 saturated carbocycles. The molecule has 0 aliphatic rings. The van der Waals surface area contributed by atoms with Gasteiger partial charge >= 0.3 is 5.69 Å². The van der Waals surface area contributed by atoms with Crippen molar-refractivity contribution in [2.24, 2.45) is 0 Å². The van der Waals surface area contributed by atoms with Gasteiger partial charge in [0.2, 0.25) is 5.88 Å². The fourth-order valence-electron chi connectivity index (χ4n) is 0.892. The van der Waals surface area contributed by atoms with Gasteiger partial charge in [0.1, 0.15) is 5.78 Å². The normalized spacial score (nSPS) is 10.1. The minimum atomic E-state index is -0.453. The highest BCUT2D eigenvalue weighted by Crippen LogP contribution is 2.09. The maximum absolute atomic E-state index is 10.6. The monoisotopic (exact) mass is 170 g/mol. The molecule has 0 aromatic carbocycles. The second-order valence-electron chi connectivity index (χ2n) is 2.61. The molecule has 5 nitrogen and oxygen atoms in total. The van der Waals surface area contributed by atoms with E-state index < -0.39 is 5.69 Å². The number of aromatic nitrogens is 2. The second kappa shape index (κ2) is 3.25. The van der Waals surface area contributed by atoms with Crippen LogP contribution in [0.3, 0.4) is 0 Å². The zero-order valence-electron chi connectivity index (χ0n) is 6.68. The third-order valence-electron chi connectivity index (χ3n) is 1.51. The van der Waals surface area contributed by atoms with Crippen LogP contribution in [-0.2, 0) is 11.2 Å². The van der Waals surface area contributed by atoms with Gasteiger partial charge in [-0.2, -0.15) is 0 Å².